The van der Waals surface area contributed by atoms with Crippen LogP contribution in [0.2, 0.25) is 0 Å². The van der Waals surface area contributed by atoms with E-state index >= 15 is 0 Å². The molecule has 3 aliphatic rings. The maximum Gasteiger partial charge on any atom is 0.235 e. The molecule has 0 spiro atoms. The van der Waals surface area contributed by atoms with Crippen molar-refractivity contribution in [3.63, 3.8) is 0 Å². The highest BCUT2D eigenvalue weighted by Gasteiger charge is 2.40. The van der Waals surface area contributed by atoms with Crippen LogP contribution in [0.15, 0.2) is 36.4 Å². The minimum absolute atomic E-state index is 0.0848. The Balaban J connectivity index is 1.54. The van der Waals surface area contributed by atoms with E-state index in [1.165, 1.54) is 25.0 Å². The lowest BCUT2D eigenvalue weighted by Crippen LogP contribution is -2.47. The molecule has 5 nitrogen and oxygen atoms in total. The van der Waals surface area contributed by atoms with E-state index in [0.29, 0.717) is 23.8 Å². The minimum atomic E-state index is -0.592. The summed E-state index contributed by atoms with van der Waals surface area (Å²) in [5.41, 5.74) is 4.29. The quantitative estimate of drug-likeness (QED) is 0.868. The third-order valence-electron chi connectivity index (χ3n) is 5.97. The highest BCUT2D eigenvalue weighted by molar-refractivity contribution is 6.08. The van der Waals surface area contributed by atoms with Gasteiger partial charge in [0, 0.05) is 31.2 Å². The van der Waals surface area contributed by atoms with Crippen molar-refractivity contribution in [2.24, 2.45) is 0 Å². The lowest BCUT2D eigenvalue weighted by Gasteiger charge is -2.40. The molecule has 1 atom stereocenters. The molecule has 2 aromatic carbocycles. The zero-order chi connectivity index (χ0) is 19.4. The topological polar surface area (TPSA) is 52.7 Å². The number of para-hydroxylation sites is 1. The Hall–Kier alpha value is -2.89. The summed E-state index contributed by atoms with van der Waals surface area (Å²) < 4.78 is 13.6. The van der Waals surface area contributed by atoms with Crippen LogP contribution in [-0.4, -0.2) is 30.9 Å². The van der Waals surface area contributed by atoms with Crippen LogP contribution >= 0.6 is 0 Å². The first-order valence-electron chi connectivity index (χ1n) is 9.80. The van der Waals surface area contributed by atoms with E-state index in [4.69, 9.17) is 0 Å². The van der Waals surface area contributed by atoms with Crippen molar-refractivity contribution in [2.75, 3.05) is 28.2 Å². The fraction of sp³-hybridized carbons (Fsp3) is 0.364. The van der Waals surface area contributed by atoms with Crippen LogP contribution in [0.5, 0.6) is 0 Å². The summed E-state index contributed by atoms with van der Waals surface area (Å²) in [4.78, 5) is 30.0. The number of nitrogens with one attached hydrogen (secondary N) is 1. The molecule has 0 radical (unpaired) electrons. The summed E-state index contributed by atoms with van der Waals surface area (Å²) in [6.45, 7) is 3.47. The first kappa shape index (κ1) is 17.2. The highest BCUT2D eigenvalue weighted by atomic mass is 19.1. The van der Waals surface area contributed by atoms with Gasteiger partial charge in [0.2, 0.25) is 11.8 Å². The number of anilines is 3. The van der Waals surface area contributed by atoms with Crippen molar-refractivity contribution >= 4 is 28.9 Å². The summed E-state index contributed by atoms with van der Waals surface area (Å²) in [6, 6.07) is 10.9. The van der Waals surface area contributed by atoms with Crippen molar-refractivity contribution in [1.82, 2.24) is 0 Å². The molecule has 2 aliphatic heterocycles. The van der Waals surface area contributed by atoms with Gasteiger partial charge < -0.3 is 15.1 Å². The van der Waals surface area contributed by atoms with Crippen molar-refractivity contribution in [3.8, 4) is 0 Å². The molecule has 2 amide bonds. The average Bonchev–Trinajstić information content (AvgIpc) is 3.51. The molecule has 0 bridgehead atoms. The van der Waals surface area contributed by atoms with Gasteiger partial charge in [0.25, 0.3) is 0 Å². The number of carbonyl (C=O) groups is 2. The Labute approximate surface area is 163 Å². The van der Waals surface area contributed by atoms with E-state index in [9.17, 15) is 14.0 Å². The second kappa shape index (κ2) is 6.33. The summed E-state index contributed by atoms with van der Waals surface area (Å²) in [6.07, 6.45) is 2.48. The van der Waals surface area contributed by atoms with Crippen LogP contribution < -0.4 is 15.1 Å². The summed E-state index contributed by atoms with van der Waals surface area (Å²) in [5.74, 6) is -1.36. The predicted molar refractivity (Wildman–Crippen MR) is 106 cm³/mol. The lowest BCUT2D eigenvalue weighted by molar-refractivity contribution is -0.124. The Morgan fingerprint density at radius 3 is 2.79 bits per heavy atom. The fourth-order valence-corrected chi connectivity index (χ4v) is 4.50. The Bertz CT molecular complexity index is 986. The molecule has 2 heterocycles. The molecule has 1 unspecified atom stereocenters. The van der Waals surface area contributed by atoms with Crippen molar-refractivity contribution < 1.29 is 14.0 Å². The third kappa shape index (κ3) is 2.75. The Morgan fingerprint density at radius 2 is 2.00 bits per heavy atom. The maximum absolute atomic E-state index is 13.6. The number of aryl methyl sites for hydroxylation is 1. The van der Waals surface area contributed by atoms with Crippen LogP contribution in [0.3, 0.4) is 0 Å². The van der Waals surface area contributed by atoms with Crippen LogP contribution in [-0.2, 0) is 9.59 Å². The van der Waals surface area contributed by atoms with Crippen molar-refractivity contribution in [3.05, 3.63) is 53.3 Å². The predicted octanol–water partition coefficient (Wildman–Crippen LogP) is 3.58. The number of fused-ring (bicyclic) bond motifs is 2. The second-order valence-electron chi connectivity index (χ2n) is 7.89. The number of hydrogen-bond donors (Lipinski definition) is 1. The van der Waals surface area contributed by atoms with Gasteiger partial charge in [-0.1, -0.05) is 18.2 Å². The van der Waals surface area contributed by atoms with E-state index in [1.807, 2.05) is 17.0 Å². The van der Waals surface area contributed by atoms with E-state index in [0.717, 1.165) is 23.5 Å². The monoisotopic (exact) mass is 379 g/mol. The zero-order valence-corrected chi connectivity index (χ0v) is 15.7. The van der Waals surface area contributed by atoms with Crippen LogP contribution in [0.1, 0.15) is 36.3 Å². The molecule has 5 rings (SSSR count). The van der Waals surface area contributed by atoms with Crippen LogP contribution in [0.4, 0.5) is 21.5 Å². The van der Waals surface area contributed by atoms with E-state index in [-0.39, 0.29) is 18.2 Å². The third-order valence-corrected chi connectivity index (χ3v) is 5.97. The summed E-state index contributed by atoms with van der Waals surface area (Å²) >= 11 is 0. The number of halogens is 1. The van der Waals surface area contributed by atoms with Crippen molar-refractivity contribution in [1.29, 1.82) is 0 Å². The lowest BCUT2D eigenvalue weighted by atomic mass is 9.88. The molecule has 1 aliphatic carbocycles. The van der Waals surface area contributed by atoms with E-state index < -0.39 is 11.7 Å². The zero-order valence-electron chi connectivity index (χ0n) is 15.7. The largest absolute Gasteiger partial charge is 0.365 e. The molecule has 0 saturated heterocycles. The first-order valence-corrected chi connectivity index (χ1v) is 9.80. The van der Waals surface area contributed by atoms with Gasteiger partial charge in [-0.15, -0.1) is 0 Å². The molecule has 0 aromatic heterocycles. The molecule has 1 N–H and O–H groups in total. The highest BCUT2D eigenvalue weighted by Crippen LogP contribution is 2.44. The van der Waals surface area contributed by atoms with E-state index in [1.54, 1.807) is 6.07 Å². The standard InChI is InChI=1S/C22H22FN3O2/c1-13-3-2-4-19-21(13)25(15-6-7-15)9-10-26(19)22(28)17-12-20(27)24-18-11-14(23)5-8-16(17)18/h2-5,8,11,15,17H,6-7,9-10,12H2,1H3,(H,24,27). The van der Waals surface area contributed by atoms with Gasteiger partial charge >= 0.3 is 0 Å². The number of amides is 2. The molecule has 28 heavy (non-hydrogen) atoms. The van der Waals surface area contributed by atoms with Gasteiger partial charge in [0.15, 0.2) is 0 Å². The maximum atomic E-state index is 13.6. The van der Waals surface area contributed by atoms with E-state index in [2.05, 4.69) is 23.2 Å². The number of benzene rings is 2. The summed E-state index contributed by atoms with van der Waals surface area (Å²) in [7, 11) is 0. The molecule has 6 heteroatoms. The van der Waals surface area contributed by atoms with Crippen LogP contribution in [0, 0.1) is 12.7 Å². The number of hydrogen-bond acceptors (Lipinski definition) is 3. The molecular weight excluding hydrogens is 357 g/mol. The number of carbonyl (C=O) groups excluding carboxylic acids is 2. The van der Waals surface area contributed by atoms with Crippen molar-refractivity contribution in [2.45, 2.75) is 38.1 Å². The normalized spacial score (nSPS) is 21.1. The van der Waals surface area contributed by atoms with Gasteiger partial charge in [-0.25, -0.2) is 4.39 Å². The average molecular weight is 379 g/mol. The SMILES string of the molecule is Cc1cccc2c1N(C1CC1)CCN2C(=O)C1CC(=O)Nc2cc(F)ccc21. The fourth-order valence-electron chi connectivity index (χ4n) is 4.50. The van der Waals surface area contributed by atoms with Gasteiger partial charge in [0.05, 0.1) is 17.3 Å². The Kier molecular flexibility index (Phi) is 3.89. The van der Waals surface area contributed by atoms with Crippen LogP contribution in [0.25, 0.3) is 0 Å². The number of rotatable bonds is 2. The Morgan fingerprint density at radius 1 is 1.18 bits per heavy atom. The van der Waals surface area contributed by atoms with Gasteiger partial charge in [-0.05, 0) is 49.1 Å². The second-order valence-corrected chi connectivity index (χ2v) is 7.89. The molecular formula is C22H22FN3O2. The number of nitrogens with zero attached hydrogens (tertiary/aromatic N) is 2. The molecule has 1 saturated carbocycles. The smallest absolute Gasteiger partial charge is 0.235 e. The first-order chi connectivity index (χ1) is 13.5. The molecule has 2 aromatic rings. The van der Waals surface area contributed by atoms with Gasteiger partial charge in [0.1, 0.15) is 5.82 Å². The van der Waals surface area contributed by atoms with Gasteiger partial charge in [-0.2, -0.15) is 0 Å². The van der Waals surface area contributed by atoms with Gasteiger partial charge in [-0.3, -0.25) is 9.59 Å². The summed E-state index contributed by atoms with van der Waals surface area (Å²) in [5, 5.41) is 2.69. The molecule has 144 valence electrons. The molecule has 1 fully saturated rings. The minimum Gasteiger partial charge on any atom is -0.365 e.